The molecule has 0 spiro atoms. The minimum atomic E-state index is -1.58. The molecule has 47 heavy (non-hydrogen) atoms. The Morgan fingerprint density at radius 3 is 2.17 bits per heavy atom. The van der Waals surface area contributed by atoms with Crippen molar-refractivity contribution in [2.75, 3.05) is 26.2 Å². The number of amides is 5. The fourth-order valence-electron chi connectivity index (χ4n) is 5.53. The summed E-state index contributed by atoms with van der Waals surface area (Å²) in [5.74, 6) is -5.03. The summed E-state index contributed by atoms with van der Waals surface area (Å²) < 4.78 is 0. The van der Waals surface area contributed by atoms with E-state index < -0.39 is 78.4 Å². The molecule has 2 heterocycles. The van der Waals surface area contributed by atoms with Crippen molar-refractivity contribution in [3.8, 4) is 0 Å². The van der Waals surface area contributed by atoms with Crippen LogP contribution in [0.15, 0.2) is 16.8 Å². The largest absolute Gasteiger partial charge is 0.480 e. The lowest BCUT2D eigenvalue weighted by molar-refractivity contribution is -0.151. The van der Waals surface area contributed by atoms with E-state index in [1.807, 2.05) is 0 Å². The Morgan fingerprint density at radius 1 is 0.957 bits per heavy atom. The molecule has 2 saturated heterocycles. The van der Waals surface area contributed by atoms with Gasteiger partial charge in [-0.05, 0) is 58.3 Å². The zero-order valence-electron chi connectivity index (χ0n) is 27.2. The van der Waals surface area contributed by atoms with Crippen LogP contribution < -0.4 is 38.9 Å². The molecule has 2 aliphatic heterocycles. The summed E-state index contributed by atoms with van der Waals surface area (Å²) in [6.07, 6.45) is 4.07. The number of aliphatic hydroxyl groups is 1. The molecule has 5 amide bonds. The fraction of sp³-hybridized carbons (Fsp3) is 0.690. The maximum atomic E-state index is 13.9. The second-order valence-electron chi connectivity index (χ2n) is 11.9. The standard InChI is InChI=1S/C29H50N10O8/c1-4-17(23(41)36-18(14-40)28(46)47)35-24(42)19-9-7-13-38(19)26(44)20-8-5-6-12-39(20)27(45)22(16(3)30)37-25(43)21(31)15(2)10-11-34-29(32)33/h4,15-16,18-22,40H,5-14,30-31H2,1-3H3,(H,35,42)(H,36,41)(H,37,43)(H,46,47)(H4,32,33,34)/b17-4-/t15-,16+,18+,19+,20+,21+,22+/m1/s1. The number of hydrogen-bond donors (Lipinski definition) is 9. The van der Waals surface area contributed by atoms with E-state index in [1.165, 1.54) is 22.8 Å². The smallest absolute Gasteiger partial charge is 0.328 e. The summed E-state index contributed by atoms with van der Waals surface area (Å²) in [7, 11) is 0. The van der Waals surface area contributed by atoms with E-state index in [2.05, 4.69) is 20.9 Å². The first kappa shape index (κ1) is 38.9. The van der Waals surface area contributed by atoms with Crippen LogP contribution in [0.2, 0.25) is 0 Å². The summed E-state index contributed by atoms with van der Waals surface area (Å²) in [5.41, 5.74) is 22.8. The van der Waals surface area contributed by atoms with Crippen LogP contribution in [0.1, 0.15) is 59.3 Å². The van der Waals surface area contributed by atoms with Gasteiger partial charge in [0.05, 0.1) is 12.6 Å². The molecule has 13 N–H and O–H groups in total. The second kappa shape index (κ2) is 18.2. The number of hydrogen-bond acceptors (Lipinski definition) is 10. The summed E-state index contributed by atoms with van der Waals surface area (Å²) in [6, 6.07) is -6.43. The number of rotatable bonds is 15. The zero-order valence-corrected chi connectivity index (χ0v) is 27.2. The number of nitrogens with one attached hydrogen (secondary N) is 3. The predicted molar refractivity (Wildman–Crippen MR) is 171 cm³/mol. The van der Waals surface area contributed by atoms with E-state index in [0.717, 1.165) is 0 Å². The van der Waals surface area contributed by atoms with Gasteiger partial charge in [-0.1, -0.05) is 13.0 Å². The van der Waals surface area contributed by atoms with Crippen molar-refractivity contribution in [2.45, 2.75) is 95.5 Å². The minimum Gasteiger partial charge on any atom is -0.480 e. The van der Waals surface area contributed by atoms with Crippen LogP contribution in [-0.2, 0) is 28.8 Å². The third kappa shape index (κ3) is 10.6. The Hall–Kier alpha value is -4.29. The highest BCUT2D eigenvalue weighted by molar-refractivity contribution is 6.01. The van der Waals surface area contributed by atoms with Gasteiger partial charge in [-0.25, -0.2) is 4.79 Å². The van der Waals surface area contributed by atoms with Crippen molar-refractivity contribution in [2.24, 2.45) is 33.8 Å². The molecule has 2 rings (SSSR count). The van der Waals surface area contributed by atoms with Crippen molar-refractivity contribution >= 4 is 41.5 Å². The number of carbonyl (C=O) groups is 6. The third-order valence-corrected chi connectivity index (χ3v) is 8.37. The molecule has 0 unspecified atom stereocenters. The highest BCUT2D eigenvalue weighted by Gasteiger charge is 2.43. The molecule has 0 aromatic rings. The van der Waals surface area contributed by atoms with Gasteiger partial charge in [-0.3, -0.25) is 29.0 Å². The average Bonchev–Trinajstić information content (AvgIpc) is 3.53. The Morgan fingerprint density at radius 2 is 1.60 bits per heavy atom. The van der Waals surface area contributed by atoms with E-state index in [0.29, 0.717) is 38.5 Å². The molecular formula is C29H50N10O8. The van der Waals surface area contributed by atoms with Gasteiger partial charge < -0.3 is 58.9 Å². The van der Waals surface area contributed by atoms with Gasteiger partial charge in [0, 0.05) is 25.7 Å². The van der Waals surface area contributed by atoms with Crippen LogP contribution in [0.4, 0.5) is 0 Å². The van der Waals surface area contributed by atoms with E-state index in [4.69, 9.17) is 28.0 Å². The zero-order chi connectivity index (χ0) is 35.4. The number of carboxylic acid groups (broad SMARTS) is 1. The molecule has 0 radical (unpaired) electrons. The number of piperidine rings is 1. The lowest BCUT2D eigenvalue weighted by Crippen LogP contribution is -2.63. The van der Waals surface area contributed by atoms with Gasteiger partial charge in [-0.2, -0.15) is 0 Å². The first-order chi connectivity index (χ1) is 22.1. The van der Waals surface area contributed by atoms with Gasteiger partial charge in [0.2, 0.25) is 23.6 Å². The molecular weight excluding hydrogens is 616 g/mol. The number of nitrogens with zero attached hydrogens (tertiary/aromatic N) is 3. The number of carboxylic acids is 1. The van der Waals surface area contributed by atoms with Crippen LogP contribution in [0.5, 0.6) is 0 Å². The summed E-state index contributed by atoms with van der Waals surface area (Å²) in [5, 5.41) is 25.6. The normalized spacial score (nSPS) is 21.4. The van der Waals surface area contributed by atoms with E-state index in [-0.39, 0.29) is 37.2 Å². The Bertz CT molecular complexity index is 1220. The first-order valence-corrected chi connectivity index (χ1v) is 15.7. The quantitative estimate of drug-likeness (QED) is 0.0465. The molecule has 0 bridgehead atoms. The molecule has 18 nitrogen and oxygen atoms in total. The maximum absolute atomic E-state index is 13.9. The average molecular weight is 667 g/mol. The van der Waals surface area contributed by atoms with Gasteiger partial charge in [-0.15, -0.1) is 0 Å². The van der Waals surface area contributed by atoms with Crippen LogP contribution in [0.3, 0.4) is 0 Å². The molecule has 264 valence electrons. The molecule has 0 aliphatic carbocycles. The molecule has 0 aromatic heterocycles. The topological polar surface area (TPSA) is 302 Å². The number of aliphatic carboxylic acids is 1. The maximum Gasteiger partial charge on any atom is 0.328 e. The van der Waals surface area contributed by atoms with E-state index in [1.54, 1.807) is 13.8 Å². The van der Waals surface area contributed by atoms with Crippen LogP contribution in [0, 0.1) is 5.92 Å². The van der Waals surface area contributed by atoms with Gasteiger partial charge in [0.1, 0.15) is 23.8 Å². The highest BCUT2D eigenvalue weighted by Crippen LogP contribution is 2.26. The van der Waals surface area contributed by atoms with Gasteiger partial charge in [0.15, 0.2) is 12.0 Å². The van der Waals surface area contributed by atoms with Crippen LogP contribution >= 0.6 is 0 Å². The van der Waals surface area contributed by atoms with Gasteiger partial charge >= 0.3 is 5.97 Å². The Balaban J connectivity index is 2.17. The van der Waals surface area contributed by atoms with Crippen LogP contribution in [0.25, 0.3) is 0 Å². The van der Waals surface area contributed by atoms with E-state index >= 15 is 0 Å². The van der Waals surface area contributed by atoms with Crippen molar-refractivity contribution in [1.29, 1.82) is 0 Å². The first-order valence-electron chi connectivity index (χ1n) is 15.7. The fourth-order valence-corrected chi connectivity index (χ4v) is 5.53. The monoisotopic (exact) mass is 666 g/mol. The number of aliphatic hydroxyl groups excluding tert-OH is 1. The minimum absolute atomic E-state index is 0.0794. The van der Waals surface area contributed by atoms with Crippen molar-refractivity contribution in [3.63, 3.8) is 0 Å². The molecule has 7 atom stereocenters. The lowest BCUT2D eigenvalue weighted by atomic mass is 9.96. The SMILES string of the molecule is C/C=C(\NC(=O)[C@@H]1CCCN1C(=O)[C@@H]1CCCCN1C(=O)[C@@H](NC(=O)[C@@H](N)[C@H](C)CCN=C(N)N)[C@H](C)N)C(=O)N[C@@H](CO)C(=O)O. The van der Waals surface area contributed by atoms with Crippen molar-refractivity contribution in [1.82, 2.24) is 25.8 Å². The molecule has 0 aromatic carbocycles. The van der Waals surface area contributed by atoms with Crippen LogP contribution in [-0.4, -0.2) is 124 Å². The number of allylic oxidation sites excluding steroid dienone is 1. The third-order valence-electron chi connectivity index (χ3n) is 8.37. The summed E-state index contributed by atoms with van der Waals surface area (Å²) >= 11 is 0. The Kier molecular flexibility index (Phi) is 15.0. The second-order valence-corrected chi connectivity index (χ2v) is 11.9. The number of carbonyl (C=O) groups excluding carboxylic acids is 5. The Labute approximate surface area is 273 Å². The number of likely N-dealkylation sites (tertiary alicyclic amines) is 2. The lowest BCUT2D eigenvalue weighted by Gasteiger charge is -2.40. The van der Waals surface area contributed by atoms with Crippen molar-refractivity contribution in [3.05, 3.63) is 11.8 Å². The molecule has 0 saturated carbocycles. The summed E-state index contributed by atoms with van der Waals surface area (Å²) in [6.45, 7) is 4.66. The number of aliphatic imine (C=N–C) groups is 1. The number of guanidine groups is 1. The highest BCUT2D eigenvalue weighted by atomic mass is 16.4. The number of nitrogens with two attached hydrogens (primary N) is 4. The molecule has 2 fully saturated rings. The molecule has 18 heteroatoms. The predicted octanol–water partition coefficient (Wildman–Crippen LogP) is -3.60. The molecule has 2 aliphatic rings. The van der Waals surface area contributed by atoms with Crippen molar-refractivity contribution < 1.29 is 39.0 Å². The summed E-state index contributed by atoms with van der Waals surface area (Å²) in [4.78, 5) is 84.6. The van der Waals surface area contributed by atoms with E-state index in [9.17, 15) is 33.9 Å². The van der Waals surface area contributed by atoms with Gasteiger partial charge in [0.25, 0.3) is 5.91 Å².